The third kappa shape index (κ3) is 3.59. The second-order valence-corrected chi connectivity index (χ2v) is 6.80. The molecule has 0 spiro atoms. The van der Waals surface area contributed by atoms with E-state index in [1.54, 1.807) is 12.4 Å². The Balaban J connectivity index is 1.25. The smallest absolute Gasteiger partial charge is 0.0726 e. The van der Waals surface area contributed by atoms with Gasteiger partial charge in [-0.3, -0.25) is 14.9 Å². The Morgan fingerprint density at radius 2 is 1.83 bits per heavy atom. The Morgan fingerprint density at radius 1 is 1.04 bits per heavy atom. The lowest BCUT2D eigenvalue weighted by Crippen LogP contribution is -2.23. The maximum atomic E-state index is 6.14. The van der Waals surface area contributed by atoms with Gasteiger partial charge in [-0.1, -0.05) is 30.3 Å². The predicted octanol–water partition coefficient (Wildman–Crippen LogP) is 2.90. The molecule has 4 nitrogen and oxygen atoms in total. The molecule has 3 atom stereocenters. The molecule has 1 saturated heterocycles. The maximum absolute atomic E-state index is 6.14. The van der Waals surface area contributed by atoms with E-state index in [4.69, 9.17) is 4.74 Å². The Kier molecular flexibility index (Phi) is 4.35. The molecule has 0 radical (unpaired) electrons. The third-order valence-electron chi connectivity index (χ3n) is 5.11. The van der Waals surface area contributed by atoms with E-state index in [9.17, 15) is 0 Å². The minimum atomic E-state index is 0.434. The second kappa shape index (κ2) is 6.77. The number of likely N-dealkylation sites (tertiary alicyclic amines) is 1. The van der Waals surface area contributed by atoms with E-state index in [1.807, 2.05) is 6.20 Å². The SMILES string of the molecule is c1ccc(COC2C[C@@H]3CN(Cc4cnccn4)C[C@@H]3C2)cc1. The standard InChI is InChI=1S/C19H23N3O/c1-2-4-15(5-3-1)14-23-19-8-16-11-22(12-17(16)9-19)13-18-10-20-6-7-21-18/h1-7,10,16-17,19H,8-9,11-14H2/t16-,17+,19?. The van der Waals surface area contributed by atoms with Crippen molar-refractivity contribution in [2.45, 2.75) is 32.1 Å². The summed E-state index contributed by atoms with van der Waals surface area (Å²) in [7, 11) is 0. The lowest BCUT2D eigenvalue weighted by Gasteiger charge is -2.18. The highest BCUT2D eigenvalue weighted by Crippen LogP contribution is 2.40. The minimum Gasteiger partial charge on any atom is -0.374 e. The van der Waals surface area contributed by atoms with Crippen molar-refractivity contribution >= 4 is 0 Å². The van der Waals surface area contributed by atoms with Gasteiger partial charge < -0.3 is 4.74 Å². The molecule has 1 aromatic heterocycles. The molecule has 2 aromatic rings. The van der Waals surface area contributed by atoms with Crippen LogP contribution in [0, 0.1) is 11.8 Å². The van der Waals surface area contributed by atoms with Crippen LogP contribution in [0.5, 0.6) is 0 Å². The van der Waals surface area contributed by atoms with Crippen molar-refractivity contribution in [1.29, 1.82) is 0 Å². The van der Waals surface area contributed by atoms with Crippen LogP contribution in [0.4, 0.5) is 0 Å². The number of hydrogen-bond donors (Lipinski definition) is 0. The molecule has 2 aliphatic rings. The van der Waals surface area contributed by atoms with Crippen LogP contribution in [0.15, 0.2) is 48.9 Å². The van der Waals surface area contributed by atoms with Crippen molar-refractivity contribution in [1.82, 2.24) is 14.9 Å². The molecular weight excluding hydrogens is 286 g/mol. The van der Waals surface area contributed by atoms with Gasteiger partial charge in [-0.25, -0.2) is 0 Å². The van der Waals surface area contributed by atoms with Crippen LogP contribution in [0.2, 0.25) is 0 Å². The summed E-state index contributed by atoms with van der Waals surface area (Å²) in [5.41, 5.74) is 2.35. The van der Waals surface area contributed by atoms with Crippen LogP contribution in [0.3, 0.4) is 0 Å². The summed E-state index contributed by atoms with van der Waals surface area (Å²) in [5.74, 6) is 1.57. The van der Waals surface area contributed by atoms with Gasteiger partial charge in [0.2, 0.25) is 0 Å². The third-order valence-corrected chi connectivity index (χ3v) is 5.11. The average molecular weight is 309 g/mol. The first-order chi connectivity index (χ1) is 11.4. The van der Waals surface area contributed by atoms with E-state index in [1.165, 1.54) is 31.5 Å². The summed E-state index contributed by atoms with van der Waals surface area (Å²) in [6, 6.07) is 10.5. The van der Waals surface area contributed by atoms with Gasteiger partial charge in [0.15, 0.2) is 0 Å². The number of aromatic nitrogens is 2. The first-order valence-electron chi connectivity index (χ1n) is 8.49. The van der Waals surface area contributed by atoms with E-state index in [0.717, 1.165) is 30.7 Å². The molecule has 0 amide bonds. The molecule has 2 fully saturated rings. The largest absolute Gasteiger partial charge is 0.374 e. The second-order valence-electron chi connectivity index (χ2n) is 6.80. The molecule has 1 saturated carbocycles. The molecule has 4 heteroatoms. The normalized spacial score (nSPS) is 27.2. The van der Waals surface area contributed by atoms with Crippen LogP contribution in [0.25, 0.3) is 0 Å². The van der Waals surface area contributed by atoms with Crippen LogP contribution in [-0.2, 0) is 17.9 Å². The number of nitrogens with zero attached hydrogens (tertiary/aromatic N) is 3. The Hall–Kier alpha value is -1.78. The zero-order valence-corrected chi connectivity index (χ0v) is 13.3. The molecule has 4 rings (SSSR count). The molecule has 1 aliphatic carbocycles. The topological polar surface area (TPSA) is 38.2 Å². The first-order valence-corrected chi connectivity index (χ1v) is 8.49. The molecule has 0 bridgehead atoms. The Bertz CT molecular complexity index is 605. The van der Waals surface area contributed by atoms with Crippen LogP contribution < -0.4 is 0 Å². The first kappa shape index (κ1) is 14.8. The minimum absolute atomic E-state index is 0.434. The molecule has 120 valence electrons. The quantitative estimate of drug-likeness (QED) is 0.851. The summed E-state index contributed by atoms with van der Waals surface area (Å²) < 4.78 is 6.14. The van der Waals surface area contributed by atoms with Crippen molar-refractivity contribution in [2.75, 3.05) is 13.1 Å². The maximum Gasteiger partial charge on any atom is 0.0726 e. The van der Waals surface area contributed by atoms with Crippen molar-refractivity contribution in [2.24, 2.45) is 11.8 Å². The fourth-order valence-electron chi connectivity index (χ4n) is 4.04. The summed E-state index contributed by atoms with van der Waals surface area (Å²) in [6.45, 7) is 4.02. The number of ether oxygens (including phenoxy) is 1. The van der Waals surface area contributed by atoms with E-state index in [-0.39, 0.29) is 0 Å². The number of fused-ring (bicyclic) bond motifs is 1. The monoisotopic (exact) mass is 309 g/mol. The van der Waals surface area contributed by atoms with Gasteiger partial charge in [-0.15, -0.1) is 0 Å². The molecule has 1 aliphatic heterocycles. The summed E-state index contributed by atoms with van der Waals surface area (Å²) >= 11 is 0. The fraction of sp³-hybridized carbons (Fsp3) is 0.474. The summed E-state index contributed by atoms with van der Waals surface area (Å²) in [4.78, 5) is 11.1. The number of benzene rings is 1. The highest BCUT2D eigenvalue weighted by Gasteiger charge is 2.41. The zero-order chi connectivity index (χ0) is 15.5. The van der Waals surface area contributed by atoms with Gasteiger partial charge in [-0.2, -0.15) is 0 Å². The van der Waals surface area contributed by atoms with Crippen molar-refractivity contribution in [3.05, 3.63) is 60.2 Å². The molecule has 0 N–H and O–H groups in total. The number of hydrogen-bond acceptors (Lipinski definition) is 4. The van der Waals surface area contributed by atoms with E-state index in [2.05, 4.69) is 45.2 Å². The van der Waals surface area contributed by atoms with Crippen LogP contribution in [-0.4, -0.2) is 34.1 Å². The fourth-order valence-corrected chi connectivity index (χ4v) is 4.04. The van der Waals surface area contributed by atoms with Gasteiger partial charge >= 0.3 is 0 Å². The van der Waals surface area contributed by atoms with E-state index >= 15 is 0 Å². The van der Waals surface area contributed by atoms with Crippen molar-refractivity contribution in [3.63, 3.8) is 0 Å². The number of rotatable bonds is 5. The average Bonchev–Trinajstić information content (AvgIpc) is 3.13. The molecule has 1 aromatic carbocycles. The highest BCUT2D eigenvalue weighted by atomic mass is 16.5. The van der Waals surface area contributed by atoms with Crippen molar-refractivity contribution < 1.29 is 4.74 Å². The lowest BCUT2D eigenvalue weighted by molar-refractivity contribution is 0.0373. The van der Waals surface area contributed by atoms with E-state index in [0.29, 0.717) is 6.10 Å². The van der Waals surface area contributed by atoms with Gasteiger partial charge in [0, 0.05) is 38.2 Å². The van der Waals surface area contributed by atoms with Crippen molar-refractivity contribution in [3.8, 4) is 0 Å². The van der Waals surface area contributed by atoms with Gasteiger partial charge in [0.25, 0.3) is 0 Å². The predicted molar refractivity (Wildman–Crippen MR) is 88.5 cm³/mol. The molecule has 2 heterocycles. The molecule has 1 unspecified atom stereocenters. The summed E-state index contributed by atoms with van der Waals surface area (Å²) in [5, 5.41) is 0. The van der Waals surface area contributed by atoms with Gasteiger partial charge in [0.05, 0.1) is 18.4 Å². The zero-order valence-electron chi connectivity index (χ0n) is 13.3. The Morgan fingerprint density at radius 3 is 2.52 bits per heavy atom. The van der Waals surface area contributed by atoms with E-state index < -0.39 is 0 Å². The van der Waals surface area contributed by atoms with Gasteiger partial charge in [0.1, 0.15) is 0 Å². The summed E-state index contributed by atoms with van der Waals surface area (Å²) in [6.07, 6.45) is 8.23. The lowest BCUT2D eigenvalue weighted by atomic mass is 10.0. The highest BCUT2D eigenvalue weighted by molar-refractivity contribution is 5.13. The molecular formula is C19H23N3O. The molecule has 23 heavy (non-hydrogen) atoms. The van der Waals surface area contributed by atoms with Crippen LogP contribution in [0.1, 0.15) is 24.1 Å². The Labute approximate surface area is 137 Å². The van der Waals surface area contributed by atoms with Crippen LogP contribution >= 0.6 is 0 Å². The van der Waals surface area contributed by atoms with Gasteiger partial charge in [-0.05, 0) is 30.2 Å².